The Morgan fingerprint density at radius 2 is 1.85 bits per heavy atom. The number of hydrogen-bond acceptors (Lipinski definition) is 2. The number of rotatable bonds is 5. The van der Waals surface area contributed by atoms with E-state index in [1.807, 2.05) is 24.3 Å². The van der Waals surface area contributed by atoms with Crippen molar-refractivity contribution in [1.82, 2.24) is 4.90 Å². The average molecular weight is 354 g/mol. The fourth-order valence-corrected chi connectivity index (χ4v) is 3.46. The number of nitrogens with zero attached hydrogens (tertiary/aromatic N) is 1. The van der Waals surface area contributed by atoms with E-state index < -0.39 is 0 Å². The van der Waals surface area contributed by atoms with Gasteiger partial charge >= 0.3 is 0 Å². The Morgan fingerprint density at radius 1 is 1.15 bits per heavy atom. The molecule has 1 heterocycles. The van der Waals surface area contributed by atoms with E-state index in [0.29, 0.717) is 5.92 Å². The maximum atomic E-state index is 13.0. The van der Waals surface area contributed by atoms with Crippen molar-refractivity contribution in [3.05, 3.63) is 65.5 Å². The second-order valence-corrected chi connectivity index (χ2v) is 7.47. The van der Waals surface area contributed by atoms with Crippen molar-refractivity contribution in [2.45, 2.75) is 39.2 Å². The predicted octanol–water partition coefficient (Wildman–Crippen LogP) is 4.80. The van der Waals surface area contributed by atoms with Crippen LogP contribution in [0, 0.1) is 11.7 Å². The quantitative estimate of drug-likeness (QED) is 0.836. The molecule has 0 aliphatic carbocycles. The molecule has 2 aromatic carbocycles. The highest BCUT2D eigenvalue weighted by Crippen LogP contribution is 2.22. The zero-order chi connectivity index (χ0) is 18.5. The van der Waals surface area contributed by atoms with E-state index in [1.165, 1.54) is 17.7 Å². The molecule has 1 aliphatic rings. The lowest BCUT2D eigenvalue weighted by Gasteiger charge is -2.32. The van der Waals surface area contributed by atoms with Gasteiger partial charge in [-0.3, -0.25) is 9.69 Å². The second kappa shape index (κ2) is 8.45. The number of carbonyl (C=O) groups is 1. The van der Waals surface area contributed by atoms with Crippen molar-refractivity contribution in [2.75, 3.05) is 18.4 Å². The molecule has 0 aromatic heterocycles. The number of carbonyl (C=O) groups excluding carboxylic acids is 1. The number of amides is 1. The summed E-state index contributed by atoms with van der Waals surface area (Å²) < 4.78 is 13.0. The monoisotopic (exact) mass is 354 g/mol. The summed E-state index contributed by atoms with van der Waals surface area (Å²) in [6, 6.07) is 14.7. The second-order valence-electron chi connectivity index (χ2n) is 7.47. The summed E-state index contributed by atoms with van der Waals surface area (Å²) in [5, 5.41) is 3.05. The molecule has 138 valence electrons. The van der Waals surface area contributed by atoms with Crippen LogP contribution in [0.4, 0.5) is 10.1 Å². The van der Waals surface area contributed by atoms with Crippen molar-refractivity contribution in [2.24, 2.45) is 5.92 Å². The molecule has 1 atom stereocenters. The standard InChI is InChI=1S/C22H27FN2O/c1-16(2)18-7-11-21(12-8-18)24-22(26)19-4-3-13-25(15-19)14-17-5-9-20(23)10-6-17/h5-12,16,19H,3-4,13-15H2,1-2H3,(H,24,26)/t19-/m0/s1. The van der Waals surface area contributed by atoms with Gasteiger partial charge in [-0.15, -0.1) is 0 Å². The topological polar surface area (TPSA) is 32.3 Å². The third kappa shape index (κ3) is 4.92. The lowest BCUT2D eigenvalue weighted by atomic mass is 9.96. The summed E-state index contributed by atoms with van der Waals surface area (Å²) in [7, 11) is 0. The van der Waals surface area contributed by atoms with Gasteiger partial charge in [0.05, 0.1) is 5.92 Å². The molecule has 2 aromatic rings. The molecule has 0 bridgehead atoms. The third-order valence-corrected chi connectivity index (χ3v) is 5.04. The molecule has 3 nitrogen and oxygen atoms in total. The van der Waals surface area contributed by atoms with Crippen molar-refractivity contribution < 1.29 is 9.18 Å². The van der Waals surface area contributed by atoms with Crippen LogP contribution < -0.4 is 5.32 Å². The molecular weight excluding hydrogens is 327 g/mol. The van der Waals surface area contributed by atoms with Gasteiger partial charge in [0.2, 0.25) is 5.91 Å². The Morgan fingerprint density at radius 3 is 2.50 bits per heavy atom. The third-order valence-electron chi connectivity index (χ3n) is 5.04. The van der Waals surface area contributed by atoms with Crippen molar-refractivity contribution in [3.63, 3.8) is 0 Å². The first-order valence-corrected chi connectivity index (χ1v) is 9.39. The van der Waals surface area contributed by atoms with Crippen LogP contribution in [0.1, 0.15) is 43.7 Å². The van der Waals surface area contributed by atoms with Gasteiger partial charge in [0.1, 0.15) is 5.82 Å². The average Bonchev–Trinajstić information content (AvgIpc) is 2.64. The van der Waals surface area contributed by atoms with Gasteiger partial charge < -0.3 is 5.32 Å². The van der Waals surface area contributed by atoms with Gasteiger partial charge in [-0.2, -0.15) is 0 Å². The van der Waals surface area contributed by atoms with Gasteiger partial charge in [-0.1, -0.05) is 38.1 Å². The zero-order valence-electron chi connectivity index (χ0n) is 15.5. The summed E-state index contributed by atoms with van der Waals surface area (Å²) >= 11 is 0. The van der Waals surface area contributed by atoms with Crippen LogP contribution in [0.15, 0.2) is 48.5 Å². The SMILES string of the molecule is CC(C)c1ccc(NC(=O)[C@H]2CCCN(Cc3ccc(F)cc3)C2)cc1. The first-order chi connectivity index (χ1) is 12.5. The Labute approximate surface area is 155 Å². The number of anilines is 1. The molecule has 26 heavy (non-hydrogen) atoms. The number of hydrogen-bond donors (Lipinski definition) is 1. The summed E-state index contributed by atoms with van der Waals surface area (Å²) in [6.45, 7) is 6.79. The molecule has 1 fully saturated rings. The molecule has 0 spiro atoms. The van der Waals surface area contributed by atoms with E-state index in [0.717, 1.165) is 43.7 Å². The highest BCUT2D eigenvalue weighted by Gasteiger charge is 2.25. The minimum absolute atomic E-state index is 0.00558. The molecule has 0 radical (unpaired) electrons. The number of nitrogens with one attached hydrogen (secondary N) is 1. The van der Waals surface area contributed by atoms with E-state index in [-0.39, 0.29) is 17.6 Å². The molecule has 4 heteroatoms. The minimum atomic E-state index is -0.215. The van der Waals surface area contributed by atoms with E-state index >= 15 is 0 Å². The molecule has 0 unspecified atom stereocenters. The van der Waals surface area contributed by atoms with Crippen molar-refractivity contribution in [3.8, 4) is 0 Å². The van der Waals surface area contributed by atoms with Crippen LogP contribution in [0.5, 0.6) is 0 Å². The lowest BCUT2D eigenvalue weighted by molar-refractivity contribution is -0.121. The molecule has 0 saturated carbocycles. The van der Waals surface area contributed by atoms with Gasteiger partial charge in [-0.25, -0.2) is 4.39 Å². The minimum Gasteiger partial charge on any atom is -0.326 e. The fourth-order valence-electron chi connectivity index (χ4n) is 3.46. The van der Waals surface area contributed by atoms with Crippen LogP contribution in [-0.2, 0) is 11.3 Å². The molecule has 1 saturated heterocycles. The maximum absolute atomic E-state index is 13.0. The van der Waals surface area contributed by atoms with Gasteiger partial charge in [-0.05, 0) is 60.7 Å². The van der Waals surface area contributed by atoms with Crippen LogP contribution >= 0.6 is 0 Å². The zero-order valence-corrected chi connectivity index (χ0v) is 15.5. The first kappa shape index (κ1) is 18.6. The molecular formula is C22H27FN2O. The van der Waals surface area contributed by atoms with E-state index in [9.17, 15) is 9.18 Å². The van der Waals surface area contributed by atoms with E-state index in [2.05, 4.69) is 36.2 Å². The van der Waals surface area contributed by atoms with Gasteiger partial charge in [0.15, 0.2) is 0 Å². The highest BCUT2D eigenvalue weighted by atomic mass is 19.1. The Kier molecular flexibility index (Phi) is 6.04. The Bertz CT molecular complexity index is 725. The highest BCUT2D eigenvalue weighted by molar-refractivity contribution is 5.92. The fraction of sp³-hybridized carbons (Fsp3) is 0.409. The van der Waals surface area contributed by atoms with Crippen LogP contribution in [0.25, 0.3) is 0 Å². The smallest absolute Gasteiger partial charge is 0.228 e. The number of halogens is 1. The first-order valence-electron chi connectivity index (χ1n) is 9.39. The summed E-state index contributed by atoms with van der Waals surface area (Å²) in [5.74, 6) is 0.353. The normalized spacial score (nSPS) is 18.1. The Balaban J connectivity index is 1.56. The molecule has 1 aliphatic heterocycles. The number of benzene rings is 2. The Hall–Kier alpha value is -2.20. The number of piperidine rings is 1. The van der Waals surface area contributed by atoms with Crippen molar-refractivity contribution >= 4 is 11.6 Å². The van der Waals surface area contributed by atoms with E-state index in [4.69, 9.17) is 0 Å². The summed E-state index contributed by atoms with van der Waals surface area (Å²) in [6.07, 6.45) is 1.92. The van der Waals surface area contributed by atoms with Crippen LogP contribution in [0.3, 0.4) is 0 Å². The van der Waals surface area contributed by atoms with E-state index in [1.54, 1.807) is 0 Å². The van der Waals surface area contributed by atoms with Crippen molar-refractivity contribution in [1.29, 1.82) is 0 Å². The van der Waals surface area contributed by atoms with Gasteiger partial charge in [0, 0.05) is 18.8 Å². The van der Waals surface area contributed by atoms with Crippen LogP contribution in [0.2, 0.25) is 0 Å². The molecule has 1 amide bonds. The molecule has 1 N–H and O–H groups in total. The summed E-state index contributed by atoms with van der Waals surface area (Å²) in [5.41, 5.74) is 3.21. The largest absolute Gasteiger partial charge is 0.326 e. The molecule has 3 rings (SSSR count). The lowest BCUT2D eigenvalue weighted by Crippen LogP contribution is -2.40. The predicted molar refractivity (Wildman–Crippen MR) is 104 cm³/mol. The number of likely N-dealkylation sites (tertiary alicyclic amines) is 1. The maximum Gasteiger partial charge on any atom is 0.228 e. The summed E-state index contributed by atoms with van der Waals surface area (Å²) in [4.78, 5) is 14.9. The van der Waals surface area contributed by atoms with Crippen LogP contribution in [-0.4, -0.2) is 23.9 Å². The van der Waals surface area contributed by atoms with Gasteiger partial charge in [0.25, 0.3) is 0 Å².